The van der Waals surface area contributed by atoms with Gasteiger partial charge in [-0.15, -0.1) is 0 Å². The topological polar surface area (TPSA) is 88.8 Å². The van der Waals surface area contributed by atoms with Crippen LogP contribution in [0.4, 0.5) is 10.5 Å². The molecule has 6 rings (SSSR count). The highest BCUT2D eigenvalue weighted by molar-refractivity contribution is 6.31. The maximum atomic E-state index is 14.6. The molecule has 3 heterocycles. The first kappa shape index (κ1) is 32.1. The number of benzene rings is 3. The normalized spacial score (nSPS) is 17.6. The number of nitrogens with zero attached hydrogens (tertiary/aromatic N) is 3. The van der Waals surface area contributed by atoms with Gasteiger partial charge in [0.2, 0.25) is 5.91 Å². The summed E-state index contributed by atoms with van der Waals surface area (Å²) in [4.78, 5) is 50.4. The Bertz CT molecular complexity index is 1730. The van der Waals surface area contributed by atoms with Crippen molar-refractivity contribution in [2.45, 2.75) is 31.7 Å². The number of halogens is 2. The maximum Gasteiger partial charge on any atom is 0.318 e. The Morgan fingerprint density at radius 2 is 1.70 bits per heavy atom. The lowest BCUT2D eigenvalue weighted by Gasteiger charge is -2.38. The summed E-state index contributed by atoms with van der Waals surface area (Å²) in [6.07, 6.45) is 4.19. The zero-order valence-electron chi connectivity index (χ0n) is 26.1. The van der Waals surface area contributed by atoms with Crippen LogP contribution in [0.3, 0.4) is 0 Å². The van der Waals surface area contributed by atoms with E-state index in [9.17, 15) is 14.4 Å². The van der Waals surface area contributed by atoms with E-state index in [2.05, 4.69) is 15.2 Å². The molecule has 0 spiro atoms. The van der Waals surface area contributed by atoms with Gasteiger partial charge in [-0.1, -0.05) is 41.4 Å². The number of likely N-dealkylation sites (tertiary alicyclic amines) is 1. The van der Waals surface area contributed by atoms with E-state index >= 15 is 0 Å². The number of ketones is 1. The Morgan fingerprint density at radius 1 is 0.978 bits per heavy atom. The van der Waals surface area contributed by atoms with E-state index in [-0.39, 0.29) is 29.6 Å². The summed E-state index contributed by atoms with van der Waals surface area (Å²) in [5.74, 6) is -0.0375. The number of para-hydroxylation sites is 1. The summed E-state index contributed by atoms with van der Waals surface area (Å²) >= 11 is 12.4. The third-order valence-corrected chi connectivity index (χ3v) is 9.63. The van der Waals surface area contributed by atoms with E-state index in [1.165, 1.54) is 0 Å². The molecule has 46 heavy (non-hydrogen) atoms. The standard InChI is InChI=1S/C36H39Cl2N5O3/c1-41(2)21-23-17-26-18-29(38)11-12-33(26)43(22-23)35(45)32(19-27-20-39-31-6-4-3-5-30(27)31)40-36(46)42-15-13-25(14-16-42)34(44)24-7-9-28(37)10-8-24/h3-12,18,20,23,25,32,39H,13-17,19,21-22H2,1-2H3,(H,40,46)/t23-,32+/m0/s1. The molecule has 1 fully saturated rings. The summed E-state index contributed by atoms with van der Waals surface area (Å²) < 4.78 is 0. The fourth-order valence-corrected chi connectivity index (χ4v) is 7.22. The predicted octanol–water partition coefficient (Wildman–Crippen LogP) is 6.46. The van der Waals surface area contributed by atoms with Gasteiger partial charge < -0.3 is 25.0 Å². The van der Waals surface area contributed by atoms with Crippen LogP contribution in [0.15, 0.2) is 72.9 Å². The minimum Gasteiger partial charge on any atom is -0.361 e. The first-order valence-corrected chi connectivity index (χ1v) is 16.6. The number of nitrogens with one attached hydrogen (secondary N) is 2. The lowest BCUT2D eigenvalue weighted by atomic mass is 9.89. The van der Waals surface area contributed by atoms with Crippen molar-refractivity contribution in [2.24, 2.45) is 11.8 Å². The van der Waals surface area contributed by atoms with Crippen LogP contribution < -0.4 is 10.2 Å². The number of aromatic nitrogens is 1. The SMILES string of the molecule is CN(C)C[C@@H]1Cc2cc(Cl)ccc2N(C(=O)[C@@H](Cc2c[nH]c3ccccc23)NC(=O)N2CCC(C(=O)c3ccc(Cl)cc3)CC2)C1. The van der Waals surface area contributed by atoms with Gasteiger partial charge in [0.15, 0.2) is 5.78 Å². The van der Waals surface area contributed by atoms with Crippen LogP contribution in [0.2, 0.25) is 10.0 Å². The first-order chi connectivity index (χ1) is 22.2. The van der Waals surface area contributed by atoms with E-state index in [4.69, 9.17) is 23.2 Å². The number of amides is 3. The van der Waals surface area contributed by atoms with E-state index < -0.39 is 6.04 Å². The van der Waals surface area contributed by atoms with Gasteiger partial charge in [-0.05, 0) is 98.9 Å². The minimum absolute atomic E-state index is 0.0697. The average Bonchev–Trinajstić information content (AvgIpc) is 3.46. The number of aromatic amines is 1. The number of Topliss-reactive ketones (excluding diaryl/α,β-unsaturated/α-hetero) is 1. The van der Waals surface area contributed by atoms with E-state index in [0.717, 1.165) is 40.7 Å². The third kappa shape index (κ3) is 7.09. The largest absolute Gasteiger partial charge is 0.361 e. The Morgan fingerprint density at radius 3 is 2.43 bits per heavy atom. The van der Waals surface area contributed by atoms with Gasteiger partial charge in [-0.2, -0.15) is 0 Å². The number of hydrogen-bond donors (Lipinski definition) is 2. The Hall–Kier alpha value is -3.85. The molecule has 0 aliphatic carbocycles. The van der Waals surface area contributed by atoms with Crippen LogP contribution in [0.5, 0.6) is 0 Å². The Labute approximate surface area is 279 Å². The van der Waals surface area contributed by atoms with Crippen LogP contribution in [0.25, 0.3) is 10.9 Å². The molecule has 240 valence electrons. The molecule has 10 heteroatoms. The zero-order valence-corrected chi connectivity index (χ0v) is 27.7. The van der Waals surface area contributed by atoms with Crippen LogP contribution >= 0.6 is 23.2 Å². The number of rotatable bonds is 8. The second-order valence-electron chi connectivity index (χ2n) is 12.8. The molecular weight excluding hydrogens is 621 g/mol. The molecule has 3 aromatic carbocycles. The lowest BCUT2D eigenvalue weighted by Crippen LogP contribution is -2.56. The Balaban J connectivity index is 1.22. The molecule has 0 saturated carbocycles. The van der Waals surface area contributed by atoms with Gasteiger partial charge in [0.1, 0.15) is 6.04 Å². The fraction of sp³-hybridized carbons (Fsp3) is 0.361. The van der Waals surface area contributed by atoms with Crippen LogP contribution in [-0.2, 0) is 17.6 Å². The molecule has 3 amide bonds. The molecule has 2 aliphatic rings. The Kier molecular flexibility index (Phi) is 9.68. The number of carbonyl (C=O) groups excluding carboxylic acids is 3. The number of urea groups is 1. The molecule has 0 radical (unpaired) electrons. The van der Waals surface area contributed by atoms with Gasteiger partial charge in [-0.25, -0.2) is 4.79 Å². The second kappa shape index (κ2) is 13.9. The van der Waals surface area contributed by atoms with Crippen molar-refractivity contribution in [2.75, 3.05) is 45.2 Å². The number of piperidine rings is 1. The van der Waals surface area contributed by atoms with Gasteiger partial charge in [0.05, 0.1) is 0 Å². The molecular formula is C36H39Cl2N5O3. The highest BCUT2D eigenvalue weighted by Crippen LogP contribution is 2.33. The maximum absolute atomic E-state index is 14.6. The fourth-order valence-electron chi connectivity index (χ4n) is 6.90. The molecule has 4 aromatic rings. The average molecular weight is 661 g/mol. The summed E-state index contributed by atoms with van der Waals surface area (Å²) in [6, 6.07) is 19.5. The van der Waals surface area contributed by atoms with E-state index in [1.54, 1.807) is 29.2 Å². The molecule has 1 saturated heterocycles. The zero-order chi connectivity index (χ0) is 32.4. The predicted molar refractivity (Wildman–Crippen MR) is 184 cm³/mol. The summed E-state index contributed by atoms with van der Waals surface area (Å²) in [5, 5.41) is 5.36. The first-order valence-electron chi connectivity index (χ1n) is 15.8. The number of H-pyrrole nitrogens is 1. The third-order valence-electron chi connectivity index (χ3n) is 9.15. The van der Waals surface area contributed by atoms with Crippen molar-refractivity contribution in [3.05, 3.63) is 99.7 Å². The van der Waals surface area contributed by atoms with Crippen molar-refractivity contribution in [1.82, 2.24) is 20.1 Å². The van der Waals surface area contributed by atoms with E-state index in [0.29, 0.717) is 54.5 Å². The van der Waals surface area contributed by atoms with Crippen molar-refractivity contribution in [1.29, 1.82) is 0 Å². The van der Waals surface area contributed by atoms with Gasteiger partial charge in [0.25, 0.3) is 0 Å². The highest BCUT2D eigenvalue weighted by Gasteiger charge is 2.36. The van der Waals surface area contributed by atoms with Gasteiger partial charge in [0, 0.05) is 76.9 Å². The monoisotopic (exact) mass is 659 g/mol. The van der Waals surface area contributed by atoms with Crippen molar-refractivity contribution in [3.8, 4) is 0 Å². The van der Waals surface area contributed by atoms with Crippen LogP contribution in [0.1, 0.15) is 34.3 Å². The molecule has 2 atom stereocenters. The quantitative estimate of drug-likeness (QED) is 0.213. The summed E-state index contributed by atoms with van der Waals surface area (Å²) in [5.41, 5.74) is 4.44. The molecule has 2 N–H and O–H groups in total. The second-order valence-corrected chi connectivity index (χ2v) is 13.6. The number of carbonyl (C=O) groups is 3. The number of anilines is 1. The van der Waals surface area contributed by atoms with Gasteiger partial charge >= 0.3 is 6.03 Å². The van der Waals surface area contributed by atoms with Crippen molar-refractivity contribution >= 4 is 57.5 Å². The van der Waals surface area contributed by atoms with Crippen LogP contribution in [0, 0.1) is 11.8 Å². The van der Waals surface area contributed by atoms with Crippen LogP contribution in [-0.4, -0.2) is 78.8 Å². The molecule has 8 nitrogen and oxygen atoms in total. The lowest BCUT2D eigenvalue weighted by molar-refractivity contribution is -0.120. The van der Waals surface area contributed by atoms with Gasteiger partial charge in [-0.3, -0.25) is 9.59 Å². The molecule has 1 aromatic heterocycles. The molecule has 2 aliphatic heterocycles. The number of fused-ring (bicyclic) bond motifs is 2. The smallest absolute Gasteiger partial charge is 0.318 e. The van der Waals surface area contributed by atoms with Crippen molar-refractivity contribution < 1.29 is 14.4 Å². The number of hydrogen-bond acceptors (Lipinski definition) is 4. The van der Waals surface area contributed by atoms with Crippen molar-refractivity contribution in [3.63, 3.8) is 0 Å². The summed E-state index contributed by atoms with van der Waals surface area (Å²) in [7, 11) is 4.07. The summed E-state index contributed by atoms with van der Waals surface area (Å²) in [6.45, 7) is 2.22. The minimum atomic E-state index is -0.804. The molecule has 0 bridgehead atoms. The highest BCUT2D eigenvalue weighted by atomic mass is 35.5. The molecule has 0 unspecified atom stereocenters. The van der Waals surface area contributed by atoms with E-state index in [1.807, 2.05) is 67.7 Å².